The van der Waals surface area contributed by atoms with Crippen molar-refractivity contribution in [2.24, 2.45) is 0 Å². The molecule has 0 aliphatic heterocycles. The zero-order valence-electron chi connectivity index (χ0n) is 10.3. The lowest BCUT2D eigenvalue weighted by Gasteiger charge is -2.17. The van der Waals surface area contributed by atoms with E-state index in [0.717, 1.165) is 12.0 Å². The molecule has 0 saturated heterocycles. The molecule has 1 amide bonds. The SMILES string of the molecule is CCCNC(=O)CN(C)c1ccc(CO)cn1. The fourth-order valence-corrected chi connectivity index (χ4v) is 1.35. The van der Waals surface area contributed by atoms with Crippen LogP contribution < -0.4 is 10.2 Å². The van der Waals surface area contributed by atoms with Crippen molar-refractivity contribution >= 4 is 11.7 Å². The van der Waals surface area contributed by atoms with Gasteiger partial charge in [-0.3, -0.25) is 4.79 Å². The Kier molecular flexibility index (Phi) is 5.42. The molecule has 1 aromatic heterocycles. The number of likely N-dealkylation sites (N-methyl/N-ethyl adjacent to an activating group) is 1. The van der Waals surface area contributed by atoms with Gasteiger partial charge < -0.3 is 15.3 Å². The molecule has 94 valence electrons. The quantitative estimate of drug-likeness (QED) is 0.757. The Morgan fingerprint density at radius 1 is 1.53 bits per heavy atom. The van der Waals surface area contributed by atoms with E-state index >= 15 is 0 Å². The monoisotopic (exact) mass is 237 g/mol. The molecule has 1 rings (SSSR count). The molecule has 5 heteroatoms. The number of aliphatic hydroxyl groups is 1. The summed E-state index contributed by atoms with van der Waals surface area (Å²) in [7, 11) is 1.81. The van der Waals surface area contributed by atoms with Crippen LogP contribution in [0.4, 0.5) is 5.82 Å². The lowest BCUT2D eigenvalue weighted by Crippen LogP contribution is -2.35. The summed E-state index contributed by atoms with van der Waals surface area (Å²) >= 11 is 0. The number of pyridine rings is 1. The van der Waals surface area contributed by atoms with E-state index in [0.29, 0.717) is 12.4 Å². The molecule has 0 radical (unpaired) electrons. The van der Waals surface area contributed by atoms with E-state index in [1.54, 1.807) is 23.2 Å². The summed E-state index contributed by atoms with van der Waals surface area (Å²) in [6.45, 7) is 2.97. The van der Waals surface area contributed by atoms with Gasteiger partial charge in [0.05, 0.1) is 13.2 Å². The summed E-state index contributed by atoms with van der Waals surface area (Å²) in [6.07, 6.45) is 2.54. The molecule has 5 nitrogen and oxygen atoms in total. The number of anilines is 1. The first kappa shape index (κ1) is 13.4. The first-order valence-corrected chi connectivity index (χ1v) is 5.71. The highest BCUT2D eigenvalue weighted by molar-refractivity contribution is 5.80. The van der Waals surface area contributed by atoms with Gasteiger partial charge in [0.2, 0.25) is 5.91 Å². The second kappa shape index (κ2) is 6.85. The predicted molar refractivity (Wildman–Crippen MR) is 66.7 cm³/mol. The first-order chi connectivity index (χ1) is 8.17. The summed E-state index contributed by atoms with van der Waals surface area (Å²) in [5.41, 5.74) is 0.762. The van der Waals surface area contributed by atoms with Gasteiger partial charge in [-0.2, -0.15) is 0 Å². The number of hydrogen-bond acceptors (Lipinski definition) is 4. The minimum atomic E-state index is -0.0199. The van der Waals surface area contributed by atoms with Crippen LogP contribution in [0.5, 0.6) is 0 Å². The molecule has 0 saturated carbocycles. The first-order valence-electron chi connectivity index (χ1n) is 5.71. The topological polar surface area (TPSA) is 65.5 Å². The van der Waals surface area contributed by atoms with Gasteiger partial charge in [0.25, 0.3) is 0 Å². The van der Waals surface area contributed by atoms with Crippen molar-refractivity contribution in [2.45, 2.75) is 20.0 Å². The van der Waals surface area contributed by atoms with Crippen LogP contribution in [-0.4, -0.2) is 36.1 Å². The van der Waals surface area contributed by atoms with Gasteiger partial charge in [0.15, 0.2) is 0 Å². The van der Waals surface area contributed by atoms with Crippen molar-refractivity contribution in [2.75, 3.05) is 25.0 Å². The number of amides is 1. The van der Waals surface area contributed by atoms with E-state index in [4.69, 9.17) is 5.11 Å². The summed E-state index contributed by atoms with van der Waals surface area (Å²) in [5.74, 6) is 0.705. The Hall–Kier alpha value is -1.62. The Morgan fingerprint density at radius 2 is 2.29 bits per heavy atom. The highest BCUT2D eigenvalue weighted by Gasteiger charge is 2.07. The molecule has 1 heterocycles. The summed E-state index contributed by atoms with van der Waals surface area (Å²) in [4.78, 5) is 17.4. The Morgan fingerprint density at radius 3 is 2.82 bits per heavy atom. The average Bonchev–Trinajstić information content (AvgIpc) is 2.36. The van der Waals surface area contributed by atoms with Crippen molar-refractivity contribution in [1.29, 1.82) is 0 Å². The molecule has 17 heavy (non-hydrogen) atoms. The molecule has 0 unspecified atom stereocenters. The summed E-state index contributed by atoms with van der Waals surface area (Å²) < 4.78 is 0. The minimum absolute atomic E-state index is 0.0117. The van der Waals surface area contributed by atoms with Gasteiger partial charge in [-0.25, -0.2) is 4.98 Å². The molecule has 0 fully saturated rings. The highest BCUT2D eigenvalue weighted by atomic mass is 16.3. The fraction of sp³-hybridized carbons (Fsp3) is 0.500. The Labute approximate surface area is 101 Å². The normalized spacial score (nSPS) is 10.1. The van der Waals surface area contributed by atoms with Crippen LogP contribution >= 0.6 is 0 Å². The number of carbonyl (C=O) groups excluding carboxylic acids is 1. The van der Waals surface area contributed by atoms with E-state index in [1.807, 2.05) is 14.0 Å². The van der Waals surface area contributed by atoms with Gasteiger partial charge in [-0.1, -0.05) is 13.0 Å². The van der Waals surface area contributed by atoms with Gasteiger partial charge in [-0.05, 0) is 18.1 Å². The predicted octanol–water partition coefficient (Wildman–Crippen LogP) is 0.536. The zero-order chi connectivity index (χ0) is 12.7. The van der Waals surface area contributed by atoms with Gasteiger partial charge in [-0.15, -0.1) is 0 Å². The maximum absolute atomic E-state index is 11.5. The third kappa shape index (κ3) is 4.40. The molecule has 2 N–H and O–H groups in total. The largest absolute Gasteiger partial charge is 0.392 e. The Bertz CT molecular complexity index is 351. The third-order valence-electron chi connectivity index (χ3n) is 2.34. The second-order valence-corrected chi connectivity index (χ2v) is 3.89. The van der Waals surface area contributed by atoms with Gasteiger partial charge in [0.1, 0.15) is 5.82 Å². The standard InChI is InChI=1S/C12H19N3O2/c1-3-6-13-12(17)8-15(2)11-5-4-10(9-16)7-14-11/h4-5,7,16H,3,6,8-9H2,1-2H3,(H,13,17). The van der Waals surface area contributed by atoms with Crippen LogP contribution in [0.1, 0.15) is 18.9 Å². The van der Waals surface area contributed by atoms with Crippen LogP contribution in [0.25, 0.3) is 0 Å². The smallest absolute Gasteiger partial charge is 0.239 e. The van der Waals surface area contributed by atoms with Crippen LogP contribution in [0.2, 0.25) is 0 Å². The van der Waals surface area contributed by atoms with Crippen LogP contribution in [0.3, 0.4) is 0 Å². The molecule has 0 bridgehead atoms. The van der Waals surface area contributed by atoms with Crippen LogP contribution in [-0.2, 0) is 11.4 Å². The lowest BCUT2D eigenvalue weighted by molar-refractivity contribution is -0.119. The van der Waals surface area contributed by atoms with Gasteiger partial charge >= 0.3 is 0 Å². The number of aromatic nitrogens is 1. The molecule has 1 aromatic rings. The summed E-state index contributed by atoms with van der Waals surface area (Å²) in [5, 5.41) is 11.7. The molecule has 0 aromatic carbocycles. The van der Waals surface area contributed by atoms with Gasteiger partial charge in [0, 0.05) is 19.8 Å². The number of rotatable bonds is 6. The van der Waals surface area contributed by atoms with Crippen molar-refractivity contribution < 1.29 is 9.90 Å². The second-order valence-electron chi connectivity index (χ2n) is 3.89. The highest BCUT2D eigenvalue weighted by Crippen LogP contribution is 2.08. The maximum Gasteiger partial charge on any atom is 0.239 e. The molecular formula is C12H19N3O2. The number of nitrogens with one attached hydrogen (secondary N) is 1. The molecule has 0 aliphatic carbocycles. The molecule has 0 spiro atoms. The lowest BCUT2D eigenvalue weighted by atomic mass is 10.3. The molecule has 0 atom stereocenters. The number of nitrogens with zero attached hydrogens (tertiary/aromatic N) is 2. The minimum Gasteiger partial charge on any atom is -0.392 e. The third-order valence-corrected chi connectivity index (χ3v) is 2.34. The van der Waals surface area contributed by atoms with E-state index in [2.05, 4.69) is 10.3 Å². The van der Waals surface area contributed by atoms with Crippen LogP contribution in [0.15, 0.2) is 18.3 Å². The Balaban J connectivity index is 2.51. The fourth-order valence-electron chi connectivity index (χ4n) is 1.35. The molecule has 0 aliphatic rings. The van der Waals surface area contributed by atoms with E-state index in [9.17, 15) is 4.79 Å². The van der Waals surface area contributed by atoms with Crippen molar-refractivity contribution in [1.82, 2.24) is 10.3 Å². The van der Waals surface area contributed by atoms with Crippen molar-refractivity contribution in [3.8, 4) is 0 Å². The average molecular weight is 237 g/mol. The number of hydrogen-bond donors (Lipinski definition) is 2. The van der Waals surface area contributed by atoms with E-state index in [1.165, 1.54) is 0 Å². The van der Waals surface area contributed by atoms with Crippen molar-refractivity contribution in [3.05, 3.63) is 23.9 Å². The maximum atomic E-state index is 11.5. The van der Waals surface area contributed by atoms with Crippen LogP contribution in [0, 0.1) is 0 Å². The van der Waals surface area contributed by atoms with E-state index < -0.39 is 0 Å². The van der Waals surface area contributed by atoms with Crippen molar-refractivity contribution in [3.63, 3.8) is 0 Å². The zero-order valence-corrected chi connectivity index (χ0v) is 10.3. The summed E-state index contributed by atoms with van der Waals surface area (Å²) in [6, 6.07) is 3.58. The number of aliphatic hydroxyl groups excluding tert-OH is 1. The number of carbonyl (C=O) groups is 1. The molecular weight excluding hydrogens is 218 g/mol. The van der Waals surface area contributed by atoms with E-state index in [-0.39, 0.29) is 19.1 Å².